The second-order valence-electron chi connectivity index (χ2n) is 4.73. The maximum atomic E-state index is 11.6. The highest BCUT2D eigenvalue weighted by atomic mass is 32.2. The van der Waals surface area contributed by atoms with Crippen LogP contribution in [0.5, 0.6) is 0 Å². The highest BCUT2D eigenvalue weighted by Gasteiger charge is 2.37. The predicted molar refractivity (Wildman–Crippen MR) is 54.8 cm³/mol. The van der Waals surface area contributed by atoms with Gasteiger partial charge in [-0.25, -0.2) is 0 Å². The summed E-state index contributed by atoms with van der Waals surface area (Å²) in [4.78, 5) is 11.6. The molecule has 0 heterocycles. The summed E-state index contributed by atoms with van der Waals surface area (Å²) in [7, 11) is -3.51. The Morgan fingerprint density at radius 2 is 1.87 bits per heavy atom. The lowest BCUT2D eigenvalue weighted by Gasteiger charge is -2.39. The van der Waals surface area contributed by atoms with Crippen LogP contribution in [0.1, 0.15) is 32.1 Å². The van der Waals surface area contributed by atoms with Crippen molar-refractivity contribution >= 4 is 15.9 Å². The van der Waals surface area contributed by atoms with E-state index in [-0.39, 0.29) is 5.78 Å². The maximum Gasteiger partial charge on any atom is 0.265 e. The minimum Gasteiger partial charge on any atom is -0.297 e. The number of rotatable bonds is 2. The van der Waals surface area contributed by atoms with Gasteiger partial charge >= 0.3 is 0 Å². The highest BCUT2D eigenvalue weighted by Crippen LogP contribution is 2.42. The van der Waals surface area contributed by atoms with E-state index >= 15 is 0 Å². The van der Waals surface area contributed by atoms with Crippen LogP contribution in [0, 0.1) is 11.8 Å². The van der Waals surface area contributed by atoms with Gasteiger partial charge in [0.2, 0.25) is 0 Å². The first-order chi connectivity index (χ1) is 6.94. The summed E-state index contributed by atoms with van der Waals surface area (Å²) in [6, 6.07) is 0. The predicted octanol–water partition coefficient (Wildman–Crippen LogP) is 1.11. The van der Waals surface area contributed by atoms with Crippen LogP contribution < -0.4 is 0 Å². The topological polar surface area (TPSA) is 60.4 Å². The van der Waals surface area contributed by atoms with Gasteiger partial charge in [-0.1, -0.05) is 0 Å². The molecule has 0 radical (unpaired) electrons. The lowest BCUT2D eigenvalue weighted by atomic mass is 9.68. The number of carbonyl (C=O) groups is 1. The van der Waals surface area contributed by atoms with Crippen molar-refractivity contribution in [1.29, 1.82) is 0 Å². The molecule has 1 atom stereocenters. The molecule has 0 N–H and O–H groups in total. The number of ketones is 1. The molecule has 4 nitrogen and oxygen atoms in total. The van der Waals surface area contributed by atoms with Crippen LogP contribution in [0.2, 0.25) is 0 Å². The molecule has 3 aliphatic rings. The van der Waals surface area contributed by atoms with Crippen molar-refractivity contribution in [3.8, 4) is 0 Å². The van der Waals surface area contributed by atoms with Crippen molar-refractivity contribution in [2.24, 2.45) is 11.8 Å². The van der Waals surface area contributed by atoms with Gasteiger partial charge in [0.1, 0.15) is 6.10 Å². The number of hydrogen-bond donors (Lipinski definition) is 0. The molecule has 5 heteroatoms. The van der Waals surface area contributed by atoms with Gasteiger partial charge in [0.15, 0.2) is 5.78 Å². The third kappa shape index (κ3) is 2.78. The van der Waals surface area contributed by atoms with Crippen molar-refractivity contribution in [2.75, 3.05) is 6.26 Å². The van der Waals surface area contributed by atoms with Crippen molar-refractivity contribution < 1.29 is 17.4 Å². The fourth-order valence-electron chi connectivity index (χ4n) is 2.55. The Balaban J connectivity index is 2.03. The van der Waals surface area contributed by atoms with E-state index in [2.05, 4.69) is 0 Å². The average molecular weight is 232 g/mol. The van der Waals surface area contributed by atoms with Gasteiger partial charge in [-0.2, -0.15) is 8.42 Å². The van der Waals surface area contributed by atoms with Crippen LogP contribution >= 0.6 is 0 Å². The molecule has 0 amide bonds. The molecule has 0 aromatic carbocycles. The van der Waals surface area contributed by atoms with Crippen LogP contribution in [0.4, 0.5) is 0 Å². The quantitative estimate of drug-likeness (QED) is 0.669. The van der Waals surface area contributed by atoms with Crippen LogP contribution in [0.15, 0.2) is 0 Å². The van der Waals surface area contributed by atoms with E-state index in [0.29, 0.717) is 24.7 Å². The zero-order valence-corrected chi connectivity index (χ0v) is 9.63. The third-order valence-corrected chi connectivity index (χ3v) is 3.91. The Kier molecular flexibility index (Phi) is 2.85. The molecule has 0 unspecified atom stereocenters. The summed E-state index contributed by atoms with van der Waals surface area (Å²) in [6.45, 7) is 0. The van der Waals surface area contributed by atoms with Gasteiger partial charge in [0.05, 0.1) is 6.26 Å². The summed E-state index contributed by atoms with van der Waals surface area (Å²) in [5.74, 6) is 1.14. The molecule has 15 heavy (non-hydrogen) atoms. The Morgan fingerprint density at radius 1 is 1.20 bits per heavy atom. The Hall–Kier alpha value is -0.420. The van der Waals surface area contributed by atoms with Crippen molar-refractivity contribution in [2.45, 2.75) is 38.2 Å². The largest absolute Gasteiger partial charge is 0.297 e. The van der Waals surface area contributed by atoms with Gasteiger partial charge in [-0.05, 0) is 37.5 Å². The van der Waals surface area contributed by atoms with Gasteiger partial charge in [-0.3, -0.25) is 8.98 Å². The van der Waals surface area contributed by atoms with Crippen LogP contribution in [-0.2, 0) is 19.1 Å². The Labute approximate surface area is 90.1 Å². The first kappa shape index (κ1) is 11.1. The van der Waals surface area contributed by atoms with Crippen molar-refractivity contribution in [3.05, 3.63) is 0 Å². The van der Waals surface area contributed by atoms with E-state index in [9.17, 15) is 13.2 Å². The normalized spacial score (nSPS) is 36.6. The Bertz CT molecular complexity index is 354. The van der Waals surface area contributed by atoms with E-state index in [4.69, 9.17) is 4.18 Å². The first-order valence-electron chi connectivity index (χ1n) is 5.35. The fraction of sp³-hybridized carbons (Fsp3) is 0.900. The lowest BCUT2D eigenvalue weighted by molar-refractivity contribution is -0.129. The zero-order valence-electron chi connectivity index (χ0n) is 8.81. The molecule has 2 bridgehead atoms. The highest BCUT2D eigenvalue weighted by molar-refractivity contribution is 7.86. The van der Waals surface area contributed by atoms with Crippen LogP contribution in [-0.4, -0.2) is 26.6 Å². The molecule has 3 aliphatic carbocycles. The van der Waals surface area contributed by atoms with E-state index < -0.39 is 16.2 Å². The maximum absolute atomic E-state index is 11.6. The summed E-state index contributed by atoms with van der Waals surface area (Å²) in [6.07, 6.45) is 4.52. The fourth-order valence-corrected chi connectivity index (χ4v) is 3.16. The van der Waals surface area contributed by atoms with E-state index in [1.54, 1.807) is 0 Å². The number of hydrogen-bond acceptors (Lipinski definition) is 4. The third-order valence-electron chi connectivity index (χ3n) is 3.33. The monoisotopic (exact) mass is 232 g/mol. The molecule has 3 saturated carbocycles. The molecule has 0 aromatic rings. The minimum atomic E-state index is -3.51. The smallest absolute Gasteiger partial charge is 0.265 e. The molecule has 86 valence electrons. The van der Waals surface area contributed by atoms with Gasteiger partial charge in [-0.15, -0.1) is 0 Å². The van der Waals surface area contributed by atoms with Gasteiger partial charge < -0.3 is 0 Å². The Morgan fingerprint density at radius 3 is 2.47 bits per heavy atom. The molecule has 0 spiro atoms. The van der Waals surface area contributed by atoms with Gasteiger partial charge in [0, 0.05) is 6.42 Å². The van der Waals surface area contributed by atoms with E-state index in [0.717, 1.165) is 25.5 Å². The number of fused-ring (bicyclic) bond motifs is 4. The molecule has 0 aromatic heterocycles. The summed E-state index contributed by atoms with van der Waals surface area (Å²) < 4.78 is 26.8. The summed E-state index contributed by atoms with van der Waals surface area (Å²) >= 11 is 0. The summed E-state index contributed by atoms with van der Waals surface area (Å²) in [5.41, 5.74) is 0. The second-order valence-corrected chi connectivity index (χ2v) is 6.33. The van der Waals surface area contributed by atoms with E-state index in [1.807, 2.05) is 0 Å². The molecular formula is C10H16O4S. The summed E-state index contributed by atoms with van der Waals surface area (Å²) in [5, 5.41) is 0. The lowest BCUT2D eigenvalue weighted by Crippen LogP contribution is -2.37. The molecular weight excluding hydrogens is 216 g/mol. The van der Waals surface area contributed by atoms with Crippen LogP contribution in [0.3, 0.4) is 0 Å². The van der Waals surface area contributed by atoms with Crippen LogP contribution in [0.25, 0.3) is 0 Å². The zero-order chi connectivity index (χ0) is 11.1. The minimum absolute atomic E-state index is 0.0465. The second kappa shape index (κ2) is 3.87. The molecule has 0 saturated heterocycles. The SMILES string of the molecule is CS(=O)(=O)O[C@@H]1CC2CC(CCC1=O)C2. The van der Waals surface area contributed by atoms with Crippen molar-refractivity contribution in [1.82, 2.24) is 0 Å². The molecule has 3 rings (SSSR count). The number of Topliss-reactive ketones (excluding diaryl/α,β-unsaturated/α-hetero) is 1. The first-order valence-corrected chi connectivity index (χ1v) is 7.16. The molecule has 3 fully saturated rings. The van der Waals surface area contributed by atoms with Gasteiger partial charge in [0.25, 0.3) is 10.1 Å². The molecule has 0 aliphatic heterocycles. The number of carbonyl (C=O) groups excluding carboxylic acids is 1. The van der Waals surface area contributed by atoms with Crippen molar-refractivity contribution in [3.63, 3.8) is 0 Å². The van der Waals surface area contributed by atoms with E-state index in [1.165, 1.54) is 0 Å². The standard InChI is InChI=1S/C10H16O4S/c1-15(12,13)14-10-6-8-4-7(5-8)2-3-9(10)11/h7-8,10H,2-6H2,1H3/t7?,8?,10-/m1/s1. The average Bonchev–Trinajstić information content (AvgIpc) is 2.00.